The number of hydrogen-bond acceptors (Lipinski definition) is 2. The highest BCUT2D eigenvalue weighted by Crippen LogP contribution is 2.32. The summed E-state index contributed by atoms with van der Waals surface area (Å²) in [6, 6.07) is 13.9. The molecular weight excluding hydrogens is 260 g/mol. The van der Waals surface area contributed by atoms with Gasteiger partial charge in [0.05, 0.1) is 6.04 Å². The van der Waals surface area contributed by atoms with Crippen LogP contribution in [0.1, 0.15) is 46.9 Å². The molecule has 3 heteroatoms. The maximum Gasteiger partial charge on any atom is 0.254 e. The van der Waals surface area contributed by atoms with E-state index in [9.17, 15) is 4.79 Å². The zero-order chi connectivity index (χ0) is 14.7. The summed E-state index contributed by atoms with van der Waals surface area (Å²) in [6.45, 7) is 2.83. The number of piperidine rings is 1. The molecule has 0 radical (unpaired) electrons. The van der Waals surface area contributed by atoms with Gasteiger partial charge in [0.1, 0.15) is 0 Å². The number of amides is 1. The summed E-state index contributed by atoms with van der Waals surface area (Å²) in [6.07, 6.45) is 5.12. The largest absolute Gasteiger partial charge is 0.332 e. The Labute approximate surface area is 125 Å². The van der Waals surface area contributed by atoms with E-state index in [4.69, 9.17) is 0 Å². The minimum Gasteiger partial charge on any atom is -0.332 e. The Hall–Kier alpha value is -2.16. The van der Waals surface area contributed by atoms with Crippen molar-refractivity contribution in [3.05, 3.63) is 65.5 Å². The molecule has 1 amide bonds. The van der Waals surface area contributed by atoms with Gasteiger partial charge < -0.3 is 4.90 Å². The minimum atomic E-state index is 0.134. The Morgan fingerprint density at radius 1 is 1.19 bits per heavy atom. The number of nitrogens with zero attached hydrogens (tertiary/aromatic N) is 2. The van der Waals surface area contributed by atoms with Crippen LogP contribution >= 0.6 is 0 Å². The average molecular weight is 280 g/mol. The summed E-state index contributed by atoms with van der Waals surface area (Å²) in [5.41, 5.74) is 2.98. The molecule has 1 aromatic heterocycles. The lowest BCUT2D eigenvalue weighted by Crippen LogP contribution is -2.38. The molecule has 21 heavy (non-hydrogen) atoms. The maximum absolute atomic E-state index is 12.8. The van der Waals surface area contributed by atoms with Crippen LogP contribution in [0.15, 0.2) is 48.7 Å². The number of likely N-dealkylation sites (tertiary alicyclic amines) is 1. The van der Waals surface area contributed by atoms with Crippen molar-refractivity contribution in [2.75, 3.05) is 6.54 Å². The Bertz CT molecular complexity index is 624. The lowest BCUT2D eigenvalue weighted by Gasteiger charge is -2.36. The molecule has 1 unspecified atom stereocenters. The van der Waals surface area contributed by atoms with E-state index in [1.165, 1.54) is 12.0 Å². The lowest BCUT2D eigenvalue weighted by atomic mass is 9.94. The molecule has 0 bridgehead atoms. The predicted molar refractivity (Wildman–Crippen MR) is 83.0 cm³/mol. The zero-order valence-electron chi connectivity index (χ0n) is 12.3. The van der Waals surface area contributed by atoms with E-state index in [0.717, 1.165) is 30.6 Å². The third-order valence-electron chi connectivity index (χ3n) is 4.09. The van der Waals surface area contributed by atoms with Crippen molar-refractivity contribution in [1.82, 2.24) is 9.88 Å². The molecule has 0 saturated carbocycles. The van der Waals surface area contributed by atoms with Gasteiger partial charge in [0.2, 0.25) is 0 Å². The Kier molecular flexibility index (Phi) is 4.00. The van der Waals surface area contributed by atoms with Crippen LogP contribution in [0.5, 0.6) is 0 Å². The molecule has 0 N–H and O–H groups in total. The summed E-state index contributed by atoms with van der Waals surface area (Å²) in [7, 11) is 0. The van der Waals surface area contributed by atoms with E-state index in [0.29, 0.717) is 0 Å². The third-order valence-corrected chi connectivity index (χ3v) is 4.09. The number of aryl methyl sites for hydroxylation is 1. The van der Waals surface area contributed by atoms with Crippen molar-refractivity contribution in [1.29, 1.82) is 0 Å². The monoisotopic (exact) mass is 280 g/mol. The fourth-order valence-corrected chi connectivity index (χ4v) is 3.04. The predicted octanol–water partition coefficient (Wildman–Crippen LogP) is 3.76. The lowest BCUT2D eigenvalue weighted by molar-refractivity contribution is 0.0611. The minimum absolute atomic E-state index is 0.134. The first-order chi connectivity index (χ1) is 10.3. The highest BCUT2D eigenvalue weighted by Gasteiger charge is 2.28. The highest BCUT2D eigenvalue weighted by molar-refractivity contribution is 5.94. The number of carbonyl (C=O) groups is 1. The van der Waals surface area contributed by atoms with Gasteiger partial charge in [-0.2, -0.15) is 0 Å². The van der Waals surface area contributed by atoms with Gasteiger partial charge in [-0.15, -0.1) is 0 Å². The first-order valence-corrected chi connectivity index (χ1v) is 7.54. The van der Waals surface area contributed by atoms with Crippen LogP contribution in [0.4, 0.5) is 0 Å². The van der Waals surface area contributed by atoms with Gasteiger partial charge >= 0.3 is 0 Å². The number of benzene rings is 1. The standard InChI is InChI=1S/C18H20N2O/c1-14-13-16(10-11-19-14)17-9-5-6-12-20(17)18(21)15-7-3-2-4-8-15/h2-4,7-8,10-11,13,17H,5-6,9,12H2,1H3. The number of aromatic nitrogens is 1. The molecule has 1 aromatic carbocycles. The SMILES string of the molecule is Cc1cc(C2CCCCN2C(=O)c2ccccc2)ccn1. The zero-order valence-corrected chi connectivity index (χ0v) is 12.3. The topological polar surface area (TPSA) is 33.2 Å². The second-order valence-electron chi connectivity index (χ2n) is 5.61. The number of pyridine rings is 1. The van der Waals surface area contributed by atoms with E-state index < -0.39 is 0 Å². The molecule has 1 aliphatic heterocycles. The summed E-state index contributed by atoms with van der Waals surface area (Å²) in [5.74, 6) is 0.134. The van der Waals surface area contributed by atoms with Crippen molar-refractivity contribution in [3.8, 4) is 0 Å². The van der Waals surface area contributed by atoms with Crippen LogP contribution in [-0.4, -0.2) is 22.3 Å². The van der Waals surface area contributed by atoms with Crippen LogP contribution in [0.2, 0.25) is 0 Å². The van der Waals surface area contributed by atoms with E-state index in [-0.39, 0.29) is 11.9 Å². The van der Waals surface area contributed by atoms with Crippen molar-refractivity contribution in [2.24, 2.45) is 0 Å². The van der Waals surface area contributed by atoms with Gasteiger partial charge in [0.25, 0.3) is 5.91 Å². The molecule has 3 nitrogen and oxygen atoms in total. The molecule has 2 aromatic rings. The third kappa shape index (κ3) is 2.97. The summed E-state index contributed by atoms with van der Waals surface area (Å²) < 4.78 is 0. The number of rotatable bonds is 2. The molecule has 1 aliphatic rings. The molecule has 1 atom stereocenters. The van der Waals surface area contributed by atoms with Gasteiger partial charge in [-0.25, -0.2) is 0 Å². The second-order valence-corrected chi connectivity index (χ2v) is 5.61. The molecule has 1 saturated heterocycles. The molecule has 0 aliphatic carbocycles. The van der Waals surface area contributed by atoms with Crippen LogP contribution < -0.4 is 0 Å². The van der Waals surface area contributed by atoms with Crippen LogP contribution in [0.3, 0.4) is 0 Å². The fraction of sp³-hybridized carbons (Fsp3) is 0.333. The Balaban J connectivity index is 1.90. The molecule has 1 fully saturated rings. The molecular formula is C18H20N2O. The van der Waals surface area contributed by atoms with Crippen molar-refractivity contribution >= 4 is 5.91 Å². The highest BCUT2D eigenvalue weighted by atomic mass is 16.2. The quantitative estimate of drug-likeness (QED) is 0.839. The van der Waals surface area contributed by atoms with Crippen molar-refractivity contribution < 1.29 is 4.79 Å². The summed E-state index contributed by atoms with van der Waals surface area (Å²) in [4.78, 5) is 19.1. The van der Waals surface area contributed by atoms with E-state index in [1.54, 1.807) is 0 Å². The Morgan fingerprint density at radius 2 is 2.00 bits per heavy atom. The van der Waals surface area contributed by atoms with Gasteiger partial charge in [-0.3, -0.25) is 9.78 Å². The van der Waals surface area contributed by atoms with Crippen LogP contribution in [-0.2, 0) is 0 Å². The second kappa shape index (κ2) is 6.08. The first-order valence-electron chi connectivity index (χ1n) is 7.54. The molecule has 3 rings (SSSR count). The van der Waals surface area contributed by atoms with Crippen molar-refractivity contribution in [2.45, 2.75) is 32.2 Å². The van der Waals surface area contributed by atoms with E-state index in [1.807, 2.05) is 54.4 Å². The Morgan fingerprint density at radius 3 is 2.76 bits per heavy atom. The maximum atomic E-state index is 12.8. The molecule has 108 valence electrons. The van der Waals surface area contributed by atoms with Crippen LogP contribution in [0.25, 0.3) is 0 Å². The first kappa shape index (κ1) is 13.8. The van der Waals surface area contributed by atoms with E-state index >= 15 is 0 Å². The normalized spacial score (nSPS) is 18.5. The molecule has 2 heterocycles. The summed E-state index contributed by atoms with van der Waals surface area (Å²) >= 11 is 0. The van der Waals surface area contributed by atoms with Crippen LogP contribution in [0, 0.1) is 6.92 Å². The van der Waals surface area contributed by atoms with Gasteiger partial charge in [-0.1, -0.05) is 18.2 Å². The van der Waals surface area contributed by atoms with E-state index in [2.05, 4.69) is 11.1 Å². The van der Waals surface area contributed by atoms with Gasteiger partial charge in [0.15, 0.2) is 0 Å². The van der Waals surface area contributed by atoms with Gasteiger partial charge in [0, 0.05) is 24.0 Å². The number of carbonyl (C=O) groups excluding carboxylic acids is 1. The summed E-state index contributed by atoms with van der Waals surface area (Å²) in [5, 5.41) is 0. The number of hydrogen-bond donors (Lipinski definition) is 0. The van der Waals surface area contributed by atoms with Gasteiger partial charge in [-0.05, 0) is 56.0 Å². The average Bonchev–Trinajstić information content (AvgIpc) is 2.55. The smallest absolute Gasteiger partial charge is 0.254 e. The fourth-order valence-electron chi connectivity index (χ4n) is 3.04. The molecule has 0 spiro atoms. The van der Waals surface area contributed by atoms with Crippen molar-refractivity contribution in [3.63, 3.8) is 0 Å².